The van der Waals surface area contributed by atoms with Crippen LogP contribution in [0.4, 0.5) is 0 Å². The maximum Gasteiger partial charge on any atom is 0.237 e. The van der Waals surface area contributed by atoms with Crippen LogP contribution < -0.4 is 11.1 Å². The number of hydrogen-bond donors (Lipinski definition) is 2. The van der Waals surface area contributed by atoms with Gasteiger partial charge in [0.25, 0.3) is 0 Å². The Balaban J connectivity index is 3.85. The standard InChI is InChI=1S/C15H33N3O/c1-6-17-15(4,14(16)19)10-7-8-11-18(5)12-9-13(2)3/h13,17H,6-12H2,1-5H3,(H2,16,19). The Hall–Kier alpha value is -0.610. The number of nitrogens with zero attached hydrogens (tertiary/aromatic N) is 1. The van der Waals surface area contributed by atoms with Crippen LogP contribution in [-0.4, -0.2) is 43.0 Å². The number of hydrogen-bond acceptors (Lipinski definition) is 3. The maximum absolute atomic E-state index is 11.5. The van der Waals surface area contributed by atoms with Crippen molar-refractivity contribution in [3.63, 3.8) is 0 Å². The highest BCUT2D eigenvalue weighted by molar-refractivity contribution is 5.84. The van der Waals surface area contributed by atoms with Gasteiger partial charge in [-0.15, -0.1) is 0 Å². The van der Waals surface area contributed by atoms with E-state index in [1.54, 1.807) is 0 Å². The Labute approximate surface area is 119 Å². The fourth-order valence-corrected chi connectivity index (χ4v) is 2.14. The molecule has 19 heavy (non-hydrogen) atoms. The summed E-state index contributed by atoms with van der Waals surface area (Å²) in [7, 11) is 2.17. The molecular formula is C15H33N3O. The fraction of sp³-hybridized carbons (Fsp3) is 0.933. The first-order chi connectivity index (χ1) is 8.81. The van der Waals surface area contributed by atoms with E-state index in [4.69, 9.17) is 5.73 Å². The Morgan fingerprint density at radius 2 is 1.95 bits per heavy atom. The lowest BCUT2D eigenvalue weighted by Crippen LogP contribution is -2.53. The van der Waals surface area contributed by atoms with E-state index in [1.807, 2.05) is 13.8 Å². The van der Waals surface area contributed by atoms with Crippen molar-refractivity contribution in [2.75, 3.05) is 26.7 Å². The molecule has 0 rings (SSSR count). The number of rotatable bonds is 11. The molecule has 0 aromatic carbocycles. The number of unbranched alkanes of at least 4 members (excludes halogenated alkanes) is 1. The summed E-state index contributed by atoms with van der Waals surface area (Å²) in [5, 5.41) is 3.20. The van der Waals surface area contributed by atoms with Gasteiger partial charge in [0.15, 0.2) is 0 Å². The number of likely N-dealkylation sites (N-methyl/N-ethyl adjacent to an activating group) is 1. The Bertz CT molecular complexity index is 256. The van der Waals surface area contributed by atoms with Crippen LogP contribution in [0.15, 0.2) is 0 Å². The van der Waals surface area contributed by atoms with Gasteiger partial charge in [0.05, 0.1) is 5.54 Å². The number of carbonyl (C=O) groups excluding carboxylic acids is 1. The van der Waals surface area contributed by atoms with Gasteiger partial charge in [0, 0.05) is 0 Å². The first kappa shape index (κ1) is 18.4. The molecule has 0 radical (unpaired) electrons. The van der Waals surface area contributed by atoms with Crippen molar-refractivity contribution in [3.8, 4) is 0 Å². The molecule has 0 bridgehead atoms. The largest absolute Gasteiger partial charge is 0.368 e. The number of carbonyl (C=O) groups is 1. The van der Waals surface area contributed by atoms with Crippen molar-refractivity contribution < 1.29 is 4.79 Å². The third-order valence-electron chi connectivity index (χ3n) is 3.67. The molecule has 1 unspecified atom stereocenters. The van der Waals surface area contributed by atoms with Crippen molar-refractivity contribution in [3.05, 3.63) is 0 Å². The highest BCUT2D eigenvalue weighted by atomic mass is 16.1. The van der Waals surface area contributed by atoms with Crippen LogP contribution in [0.1, 0.15) is 53.4 Å². The molecule has 3 N–H and O–H groups in total. The van der Waals surface area contributed by atoms with Crippen LogP contribution in [-0.2, 0) is 4.79 Å². The SMILES string of the molecule is CCNC(C)(CCCCN(C)CCC(C)C)C(N)=O. The number of nitrogens with one attached hydrogen (secondary N) is 1. The quantitative estimate of drug-likeness (QED) is 0.565. The van der Waals surface area contributed by atoms with Gasteiger partial charge in [-0.05, 0) is 65.2 Å². The topological polar surface area (TPSA) is 58.4 Å². The summed E-state index contributed by atoms with van der Waals surface area (Å²) < 4.78 is 0. The van der Waals surface area contributed by atoms with Crippen molar-refractivity contribution in [2.24, 2.45) is 11.7 Å². The van der Waals surface area contributed by atoms with E-state index >= 15 is 0 Å². The molecule has 0 aromatic rings. The van der Waals surface area contributed by atoms with Crippen LogP contribution >= 0.6 is 0 Å². The summed E-state index contributed by atoms with van der Waals surface area (Å²) in [6.45, 7) is 11.4. The average Bonchev–Trinajstić information content (AvgIpc) is 2.32. The molecule has 1 amide bonds. The number of amides is 1. The predicted molar refractivity (Wildman–Crippen MR) is 82.1 cm³/mol. The summed E-state index contributed by atoms with van der Waals surface area (Å²) in [6, 6.07) is 0. The van der Waals surface area contributed by atoms with Gasteiger partial charge in [-0.25, -0.2) is 0 Å². The van der Waals surface area contributed by atoms with E-state index in [-0.39, 0.29) is 5.91 Å². The molecule has 0 saturated carbocycles. The van der Waals surface area contributed by atoms with E-state index in [2.05, 4.69) is 31.1 Å². The zero-order chi connectivity index (χ0) is 14.9. The van der Waals surface area contributed by atoms with Crippen LogP contribution in [0.5, 0.6) is 0 Å². The number of primary amides is 1. The summed E-state index contributed by atoms with van der Waals surface area (Å²) in [5.74, 6) is 0.511. The van der Waals surface area contributed by atoms with E-state index in [0.29, 0.717) is 0 Å². The zero-order valence-corrected chi connectivity index (χ0v) is 13.5. The van der Waals surface area contributed by atoms with Crippen LogP contribution in [0.25, 0.3) is 0 Å². The molecule has 0 fully saturated rings. The normalized spacial score (nSPS) is 14.9. The molecule has 0 heterocycles. The lowest BCUT2D eigenvalue weighted by atomic mass is 9.94. The van der Waals surface area contributed by atoms with Gasteiger partial charge >= 0.3 is 0 Å². The molecule has 4 heteroatoms. The van der Waals surface area contributed by atoms with Gasteiger partial charge in [-0.1, -0.05) is 20.8 Å². The van der Waals surface area contributed by atoms with Gasteiger partial charge in [0.2, 0.25) is 5.91 Å². The molecule has 0 saturated heterocycles. The molecule has 0 spiro atoms. The first-order valence-electron chi connectivity index (χ1n) is 7.55. The third kappa shape index (κ3) is 8.22. The van der Waals surface area contributed by atoms with E-state index in [9.17, 15) is 4.79 Å². The van der Waals surface area contributed by atoms with Crippen molar-refractivity contribution in [2.45, 2.75) is 58.9 Å². The second-order valence-corrected chi connectivity index (χ2v) is 6.17. The highest BCUT2D eigenvalue weighted by Crippen LogP contribution is 2.13. The predicted octanol–water partition coefficient (Wildman–Crippen LogP) is 1.99. The Morgan fingerprint density at radius 1 is 1.32 bits per heavy atom. The second-order valence-electron chi connectivity index (χ2n) is 6.17. The summed E-state index contributed by atoms with van der Waals surface area (Å²) >= 11 is 0. The summed E-state index contributed by atoms with van der Waals surface area (Å²) in [5.41, 5.74) is 4.92. The van der Waals surface area contributed by atoms with Crippen molar-refractivity contribution in [1.82, 2.24) is 10.2 Å². The lowest BCUT2D eigenvalue weighted by Gasteiger charge is -2.27. The fourth-order valence-electron chi connectivity index (χ4n) is 2.14. The van der Waals surface area contributed by atoms with Crippen LogP contribution in [0.3, 0.4) is 0 Å². The Kier molecular flexibility index (Phi) is 9.02. The lowest BCUT2D eigenvalue weighted by molar-refractivity contribution is -0.124. The average molecular weight is 271 g/mol. The van der Waals surface area contributed by atoms with Gasteiger partial charge in [-0.3, -0.25) is 4.79 Å². The molecular weight excluding hydrogens is 238 g/mol. The van der Waals surface area contributed by atoms with E-state index in [0.717, 1.165) is 44.8 Å². The van der Waals surface area contributed by atoms with Gasteiger partial charge in [-0.2, -0.15) is 0 Å². The maximum atomic E-state index is 11.5. The monoisotopic (exact) mass is 271 g/mol. The molecule has 0 aromatic heterocycles. The Morgan fingerprint density at radius 3 is 2.42 bits per heavy atom. The van der Waals surface area contributed by atoms with Crippen molar-refractivity contribution >= 4 is 5.91 Å². The number of nitrogens with two attached hydrogens (primary N) is 1. The first-order valence-corrected chi connectivity index (χ1v) is 7.55. The van der Waals surface area contributed by atoms with Gasteiger partial charge in [0.1, 0.15) is 0 Å². The summed E-state index contributed by atoms with van der Waals surface area (Å²) in [4.78, 5) is 13.8. The van der Waals surface area contributed by atoms with Crippen LogP contribution in [0, 0.1) is 5.92 Å². The van der Waals surface area contributed by atoms with Crippen molar-refractivity contribution in [1.29, 1.82) is 0 Å². The third-order valence-corrected chi connectivity index (χ3v) is 3.67. The smallest absolute Gasteiger partial charge is 0.237 e. The zero-order valence-electron chi connectivity index (χ0n) is 13.5. The van der Waals surface area contributed by atoms with E-state index < -0.39 is 5.54 Å². The molecule has 0 aliphatic carbocycles. The molecule has 0 aliphatic heterocycles. The minimum Gasteiger partial charge on any atom is -0.368 e. The van der Waals surface area contributed by atoms with E-state index in [1.165, 1.54) is 6.42 Å². The minimum absolute atomic E-state index is 0.248. The molecule has 0 aliphatic rings. The highest BCUT2D eigenvalue weighted by Gasteiger charge is 2.28. The minimum atomic E-state index is -0.550. The summed E-state index contributed by atoms with van der Waals surface area (Å²) in [6.07, 6.45) is 4.20. The van der Waals surface area contributed by atoms with Crippen LogP contribution in [0.2, 0.25) is 0 Å². The molecule has 4 nitrogen and oxygen atoms in total. The molecule has 1 atom stereocenters. The molecule has 114 valence electrons. The second kappa shape index (κ2) is 9.32. The van der Waals surface area contributed by atoms with Gasteiger partial charge < -0.3 is 16.0 Å².